The van der Waals surface area contributed by atoms with Gasteiger partial charge in [0.05, 0.1) is 11.6 Å². The van der Waals surface area contributed by atoms with Crippen molar-refractivity contribution in [1.82, 2.24) is 9.55 Å². The van der Waals surface area contributed by atoms with E-state index in [1.165, 1.54) is 4.57 Å². The zero-order valence-electron chi connectivity index (χ0n) is 12.0. The van der Waals surface area contributed by atoms with Gasteiger partial charge in [0.25, 0.3) is 0 Å². The maximum atomic E-state index is 12.1. The molecule has 4 N–H and O–H groups in total. The third-order valence-corrected chi connectivity index (χ3v) is 3.35. The molecule has 2 aromatic rings. The van der Waals surface area contributed by atoms with Gasteiger partial charge in [-0.05, 0) is 30.7 Å². The molecule has 0 aliphatic rings. The predicted octanol–water partition coefficient (Wildman–Crippen LogP) is 1.48. The molecule has 1 amide bonds. The second kappa shape index (κ2) is 6.90. The number of benzene rings is 1. The first kappa shape index (κ1) is 15.1. The highest BCUT2D eigenvalue weighted by molar-refractivity contribution is 5.92. The molecular formula is C15H20N4O2. The minimum absolute atomic E-state index is 0.0640. The number of carbonyl (C=O) groups is 1. The van der Waals surface area contributed by atoms with E-state index < -0.39 is 0 Å². The largest absolute Gasteiger partial charge is 0.330 e. The Labute approximate surface area is 123 Å². The van der Waals surface area contributed by atoms with Gasteiger partial charge in [-0.2, -0.15) is 0 Å². The maximum Gasteiger partial charge on any atom is 0.330 e. The van der Waals surface area contributed by atoms with E-state index in [4.69, 9.17) is 5.73 Å². The van der Waals surface area contributed by atoms with Crippen molar-refractivity contribution in [2.24, 2.45) is 11.7 Å². The lowest BCUT2D eigenvalue weighted by molar-refractivity contribution is -0.119. The Balaban J connectivity index is 2.08. The molecule has 2 rings (SSSR count). The highest BCUT2D eigenvalue weighted by Crippen LogP contribution is 2.14. The lowest BCUT2D eigenvalue weighted by Gasteiger charge is -2.14. The van der Waals surface area contributed by atoms with Gasteiger partial charge >= 0.3 is 5.69 Å². The van der Waals surface area contributed by atoms with E-state index in [9.17, 15) is 9.59 Å². The maximum absolute atomic E-state index is 12.1. The van der Waals surface area contributed by atoms with E-state index in [0.29, 0.717) is 12.2 Å². The summed E-state index contributed by atoms with van der Waals surface area (Å²) in [6.07, 6.45) is 4.93. The highest BCUT2D eigenvalue weighted by atomic mass is 16.2. The van der Waals surface area contributed by atoms with E-state index in [0.717, 1.165) is 18.5 Å². The van der Waals surface area contributed by atoms with E-state index >= 15 is 0 Å². The molecule has 0 aliphatic heterocycles. The van der Waals surface area contributed by atoms with Crippen LogP contribution in [0.2, 0.25) is 0 Å². The Morgan fingerprint density at radius 3 is 2.62 bits per heavy atom. The molecule has 1 atom stereocenters. The van der Waals surface area contributed by atoms with Crippen LogP contribution in [0.3, 0.4) is 0 Å². The monoisotopic (exact) mass is 288 g/mol. The second-order valence-corrected chi connectivity index (χ2v) is 4.89. The number of hydrogen-bond acceptors (Lipinski definition) is 3. The molecule has 112 valence electrons. The van der Waals surface area contributed by atoms with Crippen LogP contribution in [0.1, 0.15) is 19.8 Å². The zero-order chi connectivity index (χ0) is 15.2. The van der Waals surface area contributed by atoms with Gasteiger partial charge in [-0.25, -0.2) is 4.79 Å². The predicted molar refractivity (Wildman–Crippen MR) is 82.5 cm³/mol. The number of aromatic amines is 1. The van der Waals surface area contributed by atoms with Gasteiger partial charge in [-0.15, -0.1) is 0 Å². The molecule has 1 aromatic carbocycles. The number of imidazole rings is 1. The van der Waals surface area contributed by atoms with E-state index in [1.807, 2.05) is 6.92 Å². The van der Waals surface area contributed by atoms with Gasteiger partial charge in [0.2, 0.25) is 5.91 Å². The van der Waals surface area contributed by atoms with Crippen molar-refractivity contribution in [3.63, 3.8) is 0 Å². The number of aromatic nitrogens is 2. The van der Waals surface area contributed by atoms with Crippen molar-refractivity contribution in [3.05, 3.63) is 47.1 Å². The molecule has 21 heavy (non-hydrogen) atoms. The molecule has 0 bridgehead atoms. The topological polar surface area (TPSA) is 92.9 Å². The van der Waals surface area contributed by atoms with Crippen LogP contribution in [0.25, 0.3) is 5.69 Å². The number of nitrogens with two attached hydrogens (primary N) is 1. The fourth-order valence-corrected chi connectivity index (χ4v) is 2.18. The average molecular weight is 288 g/mol. The van der Waals surface area contributed by atoms with Crippen LogP contribution in [0, 0.1) is 5.92 Å². The van der Waals surface area contributed by atoms with Crippen LogP contribution in [-0.4, -0.2) is 22.0 Å². The molecule has 0 aliphatic carbocycles. The number of nitrogens with one attached hydrogen (secondary N) is 2. The van der Waals surface area contributed by atoms with Gasteiger partial charge in [0.15, 0.2) is 0 Å². The standard InChI is InChI=1S/C15H20N4O2/c1-2-3-11(10-16)14(20)18-12-4-6-13(7-5-12)19-9-8-17-15(19)21/h4-9,11H,2-3,10,16H2,1H3,(H,17,21)(H,18,20). The third-order valence-electron chi connectivity index (χ3n) is 3.35. The van der Waals surface area contributed by atoms with Crippen LogP contribution in [-0.2, 0) is 4.79 Å². The van der Waals surface area contributed by atoms with Crippen molar-refractivity contribution in [2.75, 3.05) is 11.9 Å². The number of amides is 1. The number of carbonyl (C=O) groups excluding carboxylic acids is 1. The van der Waals surface area contributed by atoms with Gasteiger partial charge in [0.1, 0.15) is 0 Å². The summed E-state index contributed by atoms with van der Waals surface area (Å²) >= 11 is 0. The smallest absolute Gasteiger partial charge is 0.330 e. The van der Waals surface area contributed by atoms with Gasteiger partial charge in [0, 0.05) is 24.6 Å². The summed E-state index contributed by atoms with van der Waals surface area (Å²) in [6, 6.07) is 7.10. The van der Waals surface area contributed by atoms with Gasteiger partial charge in [-0.1, -0.05) is 13.3 Å². The summed E-state index contributed by atoms with van der Waals surface area (Å²) in [7, 11) is 0. The molecule has 0 saturated heterocycles. The van der Waals surface area contributed by atoms with Crippen molar-refractivity contribution in [1.29, 1.82) is 0 Å². The van der Waals surface area contributed by atoms with E-state index in [-0.39, 0.29) is 17.5 Å². The third kappa shape index (κ3) is 3.61. The summed E-state index contributed by atoms with van der Waals surface area (Å²) in [5, 5.41) is 2.85. The summed E-state index contributed by atoms with van der Waals surface area (Å²) in [6.45, 7) is 2.37. The molecule has 1 aromatic heterocycles. The lowest BCUT2D eigenvalue weighted by Crippen LogP contribution is -2.29. The Hall–Kier alpha value is -2.34. The number of hydrogen-bond donors (Lipinski definition) is 3. The zero-order valence-corrected chi connectivity index (χ0v) is 12.0. The Kier molecular flexibility index (Phi) is 4.94. The van der Waals surface area contributed by atoms with Crippen LogP contribution in [0.4, 0.5) is 5.69 Å². The molecule has 1 heterocycles. The van der Waals surface area contributed by atoms with Crippen molar-refractivity contribution in [2.45, 2.75) is 19.8 Å². The Morgan fingerprint density at radius 2 is 2.10 bits per heavy atom. The molecule has 0 fully saturated rings. The molecule has 6 heteroatoms. The van der Waals surface area contributed by atoms with Crippen LogP contribution in [0.15, 0.2) is 41.5 Å². The second-order valence-electron chi connectivity index (χ2n) is 4.89. The number of rotatable bonds is 6. The van der Waals surface area contributed by atoms with Gasteiger partial charge < -0.3 is 16.0 Å². The Bertz CT molecular complexity index is 642. The first-order valence-corrected chi connectivity index (χ1v) is 7.03. The molecule has 0 spiro atoms. The molecule has 0 radical (unpaired) electrons. The van der Waals surface area contributed by atoms with Crippen LogP contribution in [0.5, 0.6) is 0 Å². The molecule has 6 nitrogen and oxygen atoms in total. The van der Waals surface area contributed by atoms with E-state index in [2.05, 4.69) is 10.3 Å². The van der Waals surface area contributed by atoms with E-state index in [1.54, 1.807) is 36.7 Å². The molecular weight excluding hydrogens is 268 g/mol. The van der Waals surface area contributed by atoms with Crippen molar-refractivity contribution in [3.8, 4) is 5.69 Å². The van der Waals surface area contributed by atoms with Crippen molar-refractivity contribution < 1.29 is 4.79 Å². The van der Waals surface area contributed by atoms with Crippen LogP contribution < -0.4 is 16.7 Å². The first-order valence-electron chi connectivity index (χ1n) is 7.03. The lowest BCUT2D eigenvalue weighted by atomic mass is 10.0. The Morgan fingerprint density at radius 1 is 1.38 bits per heavy atom. The quantitative estimate of drug-likeness (QED) is 0.751. The fourth-order valence-electron chi connectivity index (χ4n) is 2.18. The molecule has 1 unspecified atom stereocenters. The minimum Gasteiger partial charge on any atom is -0.330 e. The highest BCUT2D eigenvalue weighted by Gasteiger charge is 2.15. The normalized spacial score (nSPS) is 12.1. The fraction of sp³-hybridized carbons (Fsp3) is 0.333. The summed E-state index contributed by atoms with van der Waals surface area (Å²) < 4.78 is 1.49. The van der Waals surface area contributed by atoms with Gasteiger partial charge in [-0.3, -0.25) is 9.36 Å². The number of nitrogens with zero attached hydrogens (tertiary/aromatic N) is 1. The number of H-pyrrole nitrogens is 1. The SMILES string of the molecule is CCCC(CN)C(=O)Nc1ccc(-n2cc[nH]c2=O)cc1. The summed E-state index contributed by atoms with van der Waals surface area (Å²) in [5.41, 5.74) is 6.85. The average Bonchev–Trinajstić information content (AvgIpc) is 2.91. The summed E-state index contributed by atoms with van der Waals surface area (Å²) in [5.74, 6) is -0.229. The van der Waals surface area contributed by atoms with Crippen LogP contribution >= 0.6 is 0 Å². The molecule has 0 saturated carbocycles. The summed E-state index contributed by atoms with van der Waals surface area (Å²) in [4.78, 5) is 26.1. The van der Waals surface area contributed by atoms with Crippen molar-refractivity contribution >= 4 is 11.6 Å². The minimum atomic E-state index is -0.196. The first-order chi connectivity index (χ1) is 10.2. The number of anilines is 1.